The van der Waals surface area contributed by atoms with Gasteiger partial charge in [-0.05, 0) is 34.8 Å². The molecule has 0 radical (unpaired) electrons. The molecule has 0 aliphatic heterocycles. The minimum Gasteiger partial charge on any atom is -0.319 e. The van der Waals surface area contributed by atoms with E-state index < -0.39 is 0 Å². The minimum atomic E-state index is -0.0998. The smallest absolute Gasteiger partial charge is 0.113 e. The molecule has 2 aromatic rings. The van der Waals surface area contributed by atoms with Crippen LogP contribution in [0.25, 0.3) is 10.6 Å². The number of aromatic nitrogens is 1. The predicted octanol–water partition coefficient (Wildman–Crippen LogP) is 3.58. The van der Waals surface area contributed by atoms with Crippen molar-refractivity contribution in [3.63, 3.8) is 0 Å². The van der Waals surface area contributed by atoms with E-state index in [0.717, 1.165) is 28.0 Å². The third-order valence-electron chi connectivity index (χ3n) is 2.54. The van der Waals surface area contributed by atoms with E-state index in [-0.39, 0.29) is 5.54 Å². The monoisotopic (exact) mass is 300 g/mol. The van der Waals surface area contributed by atoms with Crippen molar-refractivity contribution < 1.29 is 0 Å². The number of rotatable bonds is 2. The highest BCUT2D eigenvalue weighted by Gasteiger charge is 2.42. The van der Waals surface area contributed by atoms with Gasteiger partial charge in [0.2, 0.25) is 0 Å². The Balaban J connectivity index is 1.97. The first-order valence-electron chi connectivity index (χ1n) is 4.67. The molecule has 1 fully saturated rings. The standard InChI is InChI=1S/C10H9BrN2S2/c11-6-3-8(14-4-6)7-5-15-9(13-7)10(12)1-2-10/h3-5H,1-2,12H2. The van der Waals surface area contributed by atoms with E-state index >= 15 is 0 Å². The highest BCUT2D eigenvalue weighted by atomic mass is 79.9. The van der Waals surface area contributed by atoms with E-state index in [1.807, 2.05) is 0 Å². The second-order valence-corrected chi connectivity index (χ2v) is 6.51. The minimum absolute atomic E-state index is 0.0998. The lowest BCUT2D eigenvalue weighted by atomic mass is 10.3. The summed E-state index contributed by atoms with van der Waals surface area (Å²) in [6, 6.07) is 2.10. The van der Waals surface area contributed by atoms with Crippen LogP contribution in [-0.2, 0) is 5.54 Å². The van der Waals surface area contributed by atoms with Crippen LogP contribution < -0.4 is 5.73 Å². The SMILES string of the molecule is NC1(c2nc(-c3cc(Br)cs3)cs2)CC1. The largest absolute Gasteiger partial charge is 0.319 e. The van der Waals surface area contributed by atoms with Crippen molar-refractivity contribution in [2.45, 2.75) is 18.4 Å². The van der Waals surface area contributed by atoms with Gasteiger partial charge in [0.05, 0.1) is 16.1 Å². The molecule has 0 unspecified atom stereocenters. The Bertz CT molecular complexity index is 499. The number of hydrogen-bond acceptors (Lipinski definition) is 4. The highest BCUT2D eigenvalue weighted by Crippen LogP contribution is 2.45. The first-order chi connectivity index (χ1) is 7.17. The molecule has 2 aromatic heterocycles. The van der Waals surface area contributed by atoms with Crippen LogP contribution >= 0.6 is 38.6 Å². The van der Waals surface area contributed by atoms with Gasteiger partial charge in [-0.1, -0.05) is 0 Å². The molecule has 0 bridgehead atoms. The summed E-state index contributed by atoms with van der Waals surface area (Å²) in [5.41, 5.74) is 7.06. The van der Waals surface area contributed by atoms with Crippen LogP contribution in [0.15, 0.2) is 21.3 Å². The van der Waals surface area contributed by atoms with Gasteiger partial charge in [0.25, 0.3) is 0 Å². The Labute approximate surface area is 104 Å². The van der Waals surface area contributed by atoms with Gasteiger partial charge in [0.15, 0.2) is 0 Å². The molecule has 78 valence electrons. The second-order valence-electron chi connectivity index (χ2n) is 3.82. The van der Waals surface area contributed by atoms with Crippen molar-refractivity contribution in [3.05, 3.63) is 26.3 Å². The van der Waals surface area contributed by atoms with Crippen LogP contribution in [0.1, 0.15) is 17.8 Å². The number of nitrogens with two attached hydrogens (primary N) is 1. The molecule has 3 rings (SSSR count). The average molecular weight is 301 g/mol. The van der Waals surface area contributed by atoms with Gasteiger partial charge in [0, 0.05) is 15.2 Å². The summed E-state index contributed by atoms with van der Waals surface area (Å²) in [5, 5.41) is 5.26. The zero-order chi connectivity index (χ0) is 10.5. The molecule has 0 saturated heterocycles. The molecular weight excluding hydrogens is 292 g/mol. The molecule has 0 aromatic carbocycles. The maximum atomic E-state index is 6.11. The fraction of sp³-hybridized carbons (Fsp3) is 0.300. The van der Waals surface area contributed by atoms with E-state index in [1.54, 1.807) is 22.7 Å². The van der Waals surface area contributed by atoms with E-state index in [9.17, 15) is 0 Å². The summed E-state index contributed by atoms with van der Waals surface area (Å²) in [7, 11) is 0. The predicted molar refractivity (Wildman–Crippen MR) is 68.2 cm³/mol. The van der Waals surface area contributed by atoms with Gasteiger partial charge in [0.1, 0.15) is 5.01 Å². The zero-order valence-electron chi connectivity index (χ0n) is 7.87. The summed E-state index contributed by atoms with van der Waals surface area (Å²) in [5.74, 6) is 0. The molecule has 0 amide bonds. The summed E-state index contributed by atoms with van der Waals surface area (Å²) in [4.78, 5) is 5.81. The molecule has 2 nitrogen and oxygen atoms in total. The Morgan fingerprint density at radius 3 is 2.73 bits per heavy atom. The fourth-order valence-corrected chi connectivity index (χ4v) is 3.87. The topological polar surface area (TPSA) is 38.9 Å². The Hall–Kier alpha value is -0.230. The third kappa shape index (κ3) is 1.78. The summed E-state index contributed by atoms with van der Waals surface area (Å²) in [6.07, 6.45) is 2.15. The maximum Gasteiger partial charge on any atom is 0.113 e. The van der Waals surface area contributed by atoms with Crippen molar-refractivity contribution in [2.24, 2.45) is 5.73 Å². The lowest BCUT2D eigenvalue weighted by molar-refractivity contribution is 0.732. The van der Waals surface area contributed by atoms with Crippen LogP contribution in [0, 0.1) is 0 Å². The Morgan fingerprint density at radius 2 is 2.13 bits per heavy atom. The first-order valence-corrected chi connectivity index (χ1v) is 7.22. The Morgan fingerprint density at radius 1 is 1.33 bits per heavy atom. The summed E-state index contributed by atoms with van der Waals surface area (Å²) in [6.45, 7) is 0. The number of halogens is 1. The van der Waals surface area contributed by atoms with E-state index in [2.05, 4.69) is 37.7 Å². The van der Waals surface area contributed by atoms with Crippen LogP contribution in [0.3, 0.4) is 0 Å². The quantitative estimate of drug-likeness (QED) is 0.921. The lowest BCUT2D eigenvalue weighted by Crippen LogP contribution is -2.18. The van der Waals surface area contributed by atoms with E-state index in [4.69, 9.17) is 5.73 Å². The van der Waals surface area contributed by atoms with Crippen LogP contribution in [0.5, 0.6) is 0 Å². The summed E-state index contributed by atoms with van der Waals surface area (Å²) < 4.78 is 1.12. The van der Waals surface area contributed by atoms with E-state index in [1.165, 1.54) is 4.88 Å². The lowest BCUT2D eigenvalue weighted by Gasteiger charge is -2.01. The number of thiophene rings is 1. The first kappa shape index (κ1) is 9.96. The Kier molecular flexibility index (Phi) is 2.24. The van der Waals surface area contributed by atoms with Gasteiger partial charge < -0.3 is 5.73 Å². The van der Waals surface area contributed by atoms with E-state index in [0.29, 0.717) is 0 Å². The molecule has 5 heteroatoms. The second kappa shape index (κ2) is 3.38. The number of nitrogens with zero attached hydrogens (tertiary/aromatic N) is 1. The molecule has 1 saturated carbocycles. The molecule has 15 heavy (non-hydrogen) atoms. The average Bonchev–Trinajstić information content (AvgIpc) is 2.72. The van der Waals surface area contributed by atoms with Crippen LogP contribution in [0.2, 0.25) is 0 Å². The van der Waals surface area contributed by atoms with Crippen molar-refractivity contribution in [1.82, 2.24) is 4.98 Å². The van der Waals surface area contributed by atoms with Gasteiger partial charge in [-0.15, -0.1) is 22.7 Å². The van der Waals surface area contributed by atoms with Crippen LogP contribution in [-0.4, -0.2) is 4.98 Å². The van der Waals surface area contributed by atoms with Gasteiger partial charge in [-0.3, -0.25) is 0 Å². The van der Waals surface area contributed by atoms with Gasteiger partial charge >= 0.3 is 0 Å². The fourth-order valence-electron chi connectivity index (χ4n) is 1.41. The van der Waals surface area contributed by atoms with Crippen molar-refractivity contribution in [2.75, 3.05) is 0 Å². The number of hydrogen-bond donors (Lipinski definition) is 1. The van der Waals surface area contributed by atoms with Crippen molar-refractivity contribution in [3.8, 4) is 10.6 Å². The molecule has 0 spiro atoms. The normalized spacial score (nSPS) is 18.0. The molecular formula is C10H9BrN2S2. The third-order valence-corrected chi connectivity index (χ3v) is 5.31. The highest BCUT2D eigenvalue weighted by molar-refractivity contribution is 9.10. The summed E-state index contributed by atoms with van der Waals surface area (Å²) >= 11 is 6.83. The number of thiazole rings is 1. The zero-order valence-corrected chi connectivity index (χ0v) is 11.1. The van der Waals surface area contributed by atoms with Gasteiger partial charge in [-0.2, -0.15) is 0 Å². The molecule has 2 N–H and O–H groups in total. The van der Waals surface area contributed by atoms with Crippen LogP contribution in [0.4, 0.5) is 0 Å². The van der Waals surface area contributed by atoms with Crippen molar-refractivity contribution >= 4 is 38.6 Å². The van der Waals surface area contributed by atoms with Gasteiger partial charge in [-0.25, -0.2) is 4.98 Å². The van der Waals surface area contributed by atoms with Crippen molar-refractivity contribution in [1.29, 1.82) is 0 Å². The molecule has 2 heterocycles. The molecule has 1 aliphatic carbocycles. The molecule has 0 atom stereocenters. The maximum absolute atomic E-state index is 6.11. The molecule has 1 aliphatic rings.